The number of hydrogen-bond acceptors (Lipinski definition) is 7. The SMILES string of the molecule is CCCCCCCCCC/C=C\CCCCCCCCCCCCCCCCCCCCCCCCCCCCCCCC(=O)OC(COC(=O)CCCCCCCCCCCCC/C=C\CCCCCCCCCC)COC(OCC[N+](C)(C)C)C(=O)O. The van der Waals surface area contributed by atoms with Gasteiger partial charge in [0, 0.05) is 12.8 Å². The molecule has 0 heterocycles. The molecule has 0 aromatic rings. The quantitative estimate of drug-likeness (QED) is 0.0211. The Labute approximate surface area is 554 Å². The van der Waals surface area contributed by atoms with Crippen molar-refractivity contribution < 1.29 is 42.9 Å². The number of allylic oxidation sites excluding steroid dienone is 4. The van der Waals surface area contributed by atoms with Gasteiger partial charge in [-0.1, -0.05) is 359 Å². The van der Waals surface area contributed by atoms with Crippen molar-refractivity contribution in [2.24, 2.45) is 0 Å². The maximum absolute atomic E-state index is 13.0. The largest absolute Gasteiger partial charge is 0.477 e. The second-order valence-electron chi connectivity index (χ2n) is 28.4. The first-order valence-corrected chi connectivity index (χ1v) is 39.5. The fourth-order valence-electron chi connectivity index (χ4n) is 12.1. The third-order valence-corrected chi connectivity index (χ3v) is 18.2. The van der Waals surface area contributed by atoms with Crippen LogP contribution in [-0.4, -0.2) is 87.4 Å². The zero-order chi connectivity index (χ0) is 64.7. The van der Waals surface area contributed by atoms with E-state index < -0.39 is 18.4 Å². The minimum Gasteiger partial charge on any atom is -0.477 e. The summed E-state index contributed by atoms with van der Waals surface area (Å²) in [6.45, 7) is 4.95. The van der Waals surface area contributed by atoms with Gasteiger partial charge in [-0.05, 0) is 64.2 Å². The molecule has 9 nitrogen and oxygen atoms in total. The molecule has 0 amide bonds. The number of carboxylic acid groups (broad SMARTS) is 1. The predicted molar refractivity (Wildman–Crippen MR) is 383 cm³/mol. The number of unbranched alkanes of at least 4 members (excludes halogenated alkanes) is 56. The molecule has 0 aliphatic carbocycles. The number of hydrogen-bond donors (Lipinski definition) is 1. The van der Waals surface area contributed by atoms with Gasteiger partial charge in [0.2, 0.25) is 0 Å². The molecule has 0 radical (unpaired) electrons. The Morgan fingerprint density at radius 3 is 0.831 bits per heavy atom. The summed E-state index contributed by atoms with van der Waals surface area (Å²) in [7, 11) is 6.00. The first kappa shape index (κ1) is 86.8. The average Bonchev–Trinajstić information content (AvgIpc) is 3.64. The fraction of sp³-hybridized carbons (Fsp3) is 0.912. The van der Waals surface area contributed by atoms with Crippen LogP contribution in [0.5, 0.6) is 0 Å². The first-order chi connectivity index (χ1) is 43.6. The molecular formula is C80H154NO8+. The second-order valence-corrected chi connectivity index (χ2v) is 28.4. The molecule has 0 aliphatic heterocycles. The van der Waals surface area contributed by atoms with E-state index in [4.69, 9.17) is 18.9 Å². The van der Waals surface area contributed by atoms with Crippen molar-refractivity contribution >= 4 is 17.9 Å². The molecule has 526 valence electrons. The van der Waals surface area contributed by atoms with Crippen LogP contribution in [0.3, 0.4) is 0 Å². The summed E-state index contributed by atoms with van der Waals surface area (Å²) < 4.78 is 23.0. The van der Waals surface area contributed by atoms with Gasteiger partial charge in [0.05, 0.1) is 34.4 Å². The van der Waals surface area contributed by atoms with Crippen LogP contribution in [0.25, 0.3) is 0 Å². The topological polar surface area (TPSA) is 108 Å². The number of ether oxygens (including phenoxy) is 4. The summed E-state index contributed by atoms with van der Waals surface area (Å²) in [4.78, 5) is 37.7. The highest BCUT2D eigenvalue weighted by atomic mass is 16.7. The van der Waals surface area contributed by atoms with E-state index in [0.29, 0.717) is 17.4 Å². The van der Waals surface area contributed by atoms with Crippen molar-refractivity contribution in [3.8, 4) is 0 Å². The molecule has 0 fully saturated rings. The average molecular weight is 1260 g/mol. The Morgan fingerprint density at radius 2 is 0.573 bits per heavy atom. The van der Waals surface area contributed by atoms with Gasteiger partial charge in [-0.3, -0.25) is 9.59 Å². The van der Waals surface area contributed by atoms with Gasteiger partial charge in [0.1, 0.15) is 13.2 Å². The molecule has 9 heteroatoms. The molecule has 0 bridgehead atoms. The molecular weight excluding hydrogens is 1100 g/mol. The highest BCUT2D eigenvalue weighted by molar-refractivity contribution is 5.71. The molecule has 2 unspecified atom stereocenters. The summed E-state index contributed by atoms with van der Waals surface area (Å²) in [5.41, 5.74) is 0. The zero-order valence-electron chi connectivity index (χ0n) is 60.4. The van der Waals surface area contributed by atoms with Gasteiger partial charge >= 0.3 is 17.9 Å². The number of nitrogens with zero attached hydrogens (tertiary/aromatic N) is 1. The molecule has 0 rings (SSSR count). The van der Waals surface area contributed by atoms with E-state index in [1.165, 1.54) is 347 Å². The van der Waals surface area contributed by atoms with Crippen LogP contribution >= 0.6 is 0 Å². The fourth-order valence-corrected chi connectivity index (χ4v) is 12.1. The lowest BCUT2D eigenvalue weighted by atomic mass is 10.0. The van der Waals surface area contributed by atoms with E-state index in [0.717, 1.165) is 38.5 Å². The van der Waals surface area contributed by atoms with Crippen molar-refractivity contribution in [1.82, 2.24) is 0 Å². The number of carbonyl (C=O) groups is 3. The van der Waals surface area contributed by atoms with Crippen LogP contribution in [0.1, 0.15) is 412 Å². The zero-order valence-corrected chi connectivity index (χ0v) is 60.4. The Morgan fingerprint density at radius 1 is 0.326 bits per heavy atom. The van der Waals surface area contributed by atoms with Crippen molar-refractivity contribution in [3.05, 3.63) is 24.3 Å². The number of carboxylic acids is 1. The molecule has 89 heavy (non-hydrogen) atoms. The number of likely N-dealkylation sites (N-methyl/N-ethyl adjacent to an activating group) is 1. The Kier molecular flexibility index (Phi) is 69.8. The van der Waals surface area contributed by atoms with Crippen molar-refractivity contribution in [3.63, 3.8) is 0 Å². The number of rotatable bonds is 75. The first-order valence-electron chi connectivity index (χ1n) is 39.5. The number of aliphatic carboxylic acids is 1. The van der Waals surface area contributed by atoms with Gasteiger partial charge < -0.3 is 28.5 Å². The van der Waals surface area contributed by atoms with E-state index >= 15 is 0 Å². The lowest BCUT2D eigenvalue weighted by molar-refractivity contribution is -0.870. The number of carbonyl (C=O) groups excluding carboxylic acids is 2. The molecule has 0 spiro atoms. The number of esters is 2. The maximum Gasteiger partial charge on any atom is 0.361 e. The highest BCUT2D eigenvalue weighted by Crippen LogP contribution is 2.20. The van der Waals surface area contributed by atoms with E-state index in [1.54, 1.807) is 0 Å². The van der Waals surface area contributed by atoms with E-state index in [1.807, 2.05) is 21.1 Å². The van der Waals surface area contributed by atoms with Gasteiger partial charge in [-0.25, -0.2) is 4.79 Å². The van der Waals surface area contributed by atoms with Crippen LogP contribution in [0, 0.1) is 0 Å². The molecule has 0 saturated carbocycles. The van der Waals surface area contributed by atoms with Crippen LogP contribution in [0.4, 0.5) is 0 Å². The summed E-state index contributed by atoms with van der Waals surface area (Å²) in [5, 5.41) is 9.76. The summed E-state index contributed by atoms with van der Waals surface area (Å²) in [6.07, 6.45) is 87.7. The molecule has 0 aromatic carbocycles. The molecule has 2 atom stereocenters. The van der Waals surface area contributed by atoms with Gasteiger partial charge in [-0.2, -0.15) is 0 Å². The van der Waals surface area contributed by atoms with E-state index in [2.05, 4.69) is 38.2 Å². The summed E-state index contributed by atoms with van der Waals surface area (Å²) in [6, 6.07) is 0. The van der Waals surface area contributed by atoms with Crippen molar-refractivity contribution in [2.75, 3.05) is 47.5 Å². The van der Waals surface area contributed by atoms with Crippen molar-refractivity contribution in [2.45, 2.75) is 424 Å². The van der Waals surface area contributed by atoms with Crippen molar-refractivity contribution in [1.29, 1.82) is 0 Å². The third-order valence-electron chi connectivity index (χ3n) is 18.2. The molecule has 0 aliphatic rings. The predicted octanol–water partition coefficient (Wildman–Crippen LogP) is 24.9. The highest BCUT2D eigenvalue weighted by Gasteiger charge is 2.25. The Balaban J connectivity index is 3.92. The number of quaternary nitrogens is 1. The lowest BCUT2D eigenvalue weighted by Gasteiger charge is -2.25. The minimum absolute atomic E-state index is 0.176. The maximum atomic E-state index is 13.0. The van der Waals surface area contributed by atoms with E-state index in [-0.39, 0.29) is 38.2 Å². The summed E-state index contributed by atoms with van der Waals surface area (Å²) >= 11 is 0. The van der Waals surface area contributed by atoms with Crippen LogP contribution in [0.2, 0.25) is 0 Å². The monoisotopic (exact) mass is 1260 g/mol. The lowest BCUT2D eigenvalue weighted by Crippen LogP contribution is -2.40. The smallest absolute Gasteiger partial charge is 0.361 e. The van der Waals surface area contributed by atoms with Crippen LogP contribution in [-0.2, 0) is 33.3 Å². The van der Waals surface area contributed by atoms with Gasteiger partial charge in [0.15, 0.2) is 6.10 Å². The van der Waals surface area contributed by atoms with Gasteiger partial charge in [0.25, 0.3) is 6.29 Å². The van der Waals surface area contributed by atoms with Gasteiger partial charge in [-0.15, -0.1) is 0 Å². The normalized spacial score (nSPS) is 12.7. The molecule has 0 aromatic heterocycles. The van der Waals surface area contributed by atoms with Crippen LogP contribution in [0.15, 0.2) is 24.3 Å². The second kappa shape index (κ2) is 71.6. The Hall–Kier alpha value is -2.23. The molecule has 1 N–H and O–H groups in total. The van der Waals surface area contributed by atoms with Crippen LogP contribution < -0.4 is 0 Å². The minimum atomic E-state index is -1.51. The molecule has 0 saturated heterocycles. The Bertz CT molecular complexity index is 1510. The standard InChI is InChI=1S/C80H153NO8/c1-6-8-10-12-14-16-18-20-22-24-26-28-30-31-32-33-34-35-36-37-38-39-40-41-42-43-44-45-46-47-49-51-53-55-57-59-61-63-65-67-69-71-78(83)89-76(75-88-80(79(84)85)86-73-72-81(3,4)5)74-87-77(82)70-68-66-64-62-60-58-56-54-52-50-48-29-27-25-23-21-19-17-15-13-11-9-7-2/h24-27,76,80H,6-23,28-75H2,1-5H3/p+1/b26-24-,27-25-. The van der Waals surface area contributed by atoms with E-state index in [9.17, 15) is 19.5 Å². The third kappa shape index (κ3) is 73.1. The summed E-state index contributed by atoms with van der Waals surface area (Å²) in [5.74, 6) is -1.97.